The van der Waals surface area contributed by atoms with Crippen molar-refractivity contribution in [3.63, 3.8) is 0 Å². The Morgan fingerprint density at radius 3 is 2.88 bits per heavy atom. The van der Waals surface area contributed by atoms with Crippen LogP contribution in [0, 0.1) is 0 Å². The van der Waals surface area contributed by atoms with Gasteiger partial charge in [-0.15, -0.1) is 0 Å². The minimum Gasteiger partial charge on any atom is -0.304 e. The zero-order chi connectivity index (χ0) is 11.0. The van der Waals surface area contributed by atoms with Crippen LogP contribution in [0.15, 0.2) is 11.1 Å². The number of hydrogen-bond donors (Lipinski definition) is 2. The van der Waals surface area contributed by atoms with Crippen molar-refractivity contribution in [1.29, 1.82) is 0 Å². The van der Waals surface area contributed by atoms with E-state index >= 15 is 0 Å². The Morgan fingerprint density at radius 1 is 1.19 bits per heavy atom. The number of fused-ring (bicyclic) bond motifs is 1. The fraction of sp³-hybridized carbons (Fsp3) is 0.400. The van der Waals surface area contributed by atoms with Crippen molar-refractivity contribution < 1.29 is 0 Å². The van der Waals surface area contributed by atoms with Gasteiger partial charge in [0.05, 0.1) is 5.69 Å². The van der Waals surface area contributed by atoms with E-state index in [0.29, 0.717) is 11.6 Å². The fourth-order valence-corrected chi connectivity index (χ4v) is 2.03. The highest BCUT2D eigenvalue weighted by molar-refractivity contribution is 5.42. The first-order valence-electron chi connectivity index (χ1n) is 5.32. The van der Waals surface area contributed by atoms with Crippen molar-refractivity contribution in [1.82, 2.24) is 25.1 Å². The molecule has 1 aliphatic carbocycles. The lowest BCUT2D eigenvalue weighted by molar-refractivity contribution is 0.657. The van der Waals surface area contributed by atoms with Gasteiger partial charge in [-0.25, -0.2) is 9.97 Å². The lowest BCUT2D eigenvalue weighted by Crippen LogP contribution is -2.21. The number of aromatic nitrogens is 5. The molecule has 0 saturated carbocycles. The van der Waals surface area contributed by atoms with E-state index in [-0.39, 0.29) is 5.56 Å². The summed E-state index contributed by atoms with van der Waals surface area (Å²) in [6.45, 7) is 0. The van der Waals surface area contributed by atoms with Crippen molar-refractivity contribution in [2.45, 2.75) is 25.7 Å². The third-order valence-corrected chi connectivity index (χ3v) is 2.83. The summed E-state index contributed by atoms with van der Waals surface area (Å²) in [6, 6.07) is 0. The van der Waals surface area contributed by atoms with E-state index in [1.165, 1.54) is 6.33 Å². The lowest BCUT2D eigenvalue weighted by Gasteiger charge is -2.13. The van der Waals surface area contributed by atoms with E-state index in [4.69, 9.17) is 0 Å². The van der Waals surface area contributed by atoms with Crippen molar-refractivity contribution >= 4 is 0 Å². The second-order valence-electron chi connectivity index (χ2n) is 3.88. The minimum absolute atomic E-state index is 0.0453. The minimum atomic E-state index is -0.0453. The number of nitrogens with one attached hydrogen (secondary N) is 2. The van der Waals surface area contributed by atoms with Gasteiger partial charge in [0.25, 0.3) is 5.56 Å². The third-order valence-electron chi connectivity index (χ3n) is 2.83. The number of aromatic amines is 2. The lowest BCUT2D eigenvalue weighted by atomic mass is 9.97. The van der Waals surface area contributed by atoms with E-state index in [1.807, 2.05) is 0 Å². The van der Waals surface area contributed by atoms with Gasteiger partial charge in [-0.05, 0) is 25.7 Å². The van der Waals surface area contributed by atoms with E-state index in [1.54, 1.807) is 0 Å². The standard InChI is InChI=1S/C10H11N5O/c16-10-6-3-1-2-4-7(6)13-9(14-10)8-11-5-12-15-8/h5H,1-4H2,(H,11,12,15)(H,13,14,16). The Kier molecular flexibility index (Phi) is 2.05. The fourth-order valence-electron chi connectivity index (χ4n) is 2.03. The van der Waals surface area contributed by atoms with Crippen molar-refractivity contribution in [3.8, 4) is 11.6 Å². The van der Waals surface area contributed by atoms with Crippen molar-refractivity contribution in [2.24, 2.45) is 0 Å². The molecule has 0 fully saturated rings. The second kappa shape index (κ2) is 3.55. The summed E-state index contributed by atoms with van der Waals surface area (Å²) in [7, 11) is 0. The van der Waals surface area contributed by atoms with Crippen LogP contribution in [0.4, 0.5) is 0 Å². The largest absolute Gasteiger partial charge is 0.304 e. The molecule has 0 amide bonds. The Labute approximate surface area is 91.2 Å². The smallest absolute Gasteiger partial charge is 0.254 e. The van der Waals surface area contributed by atoms with E-state index in [0.717, 1.165) is 36.9 Å². The summed E-state index contributed by atoms with van der Waals surface area (Å²) in [4.78, 5) is 23.0. The van der Waals surface area contributed by atoms with E-state index in [9.17, 15) is 4.79 Å². The maximum absolute atomic E-state index is 11.8. The molecule has 16 heavy (non-hydrogen) atoms. The van der Waals surface area contributed by atoms with E-state index in [2.05, 4.69) is 25.1 Å². The molecule has 0 saturated heterocycles. The summed E-state index contributed by atoms with van der Waals surface area (Å²) in [6.07, 6.45) is 5.27. The van der Waals surface area contributed by atoms with Gasteiger partial charge in [0.2, 0.25) is 0 Å². The van der Waals surface area contributed by atoms with Crippen LogP contribution in [0.25, 0.3) is 11.6 Å². The normalized spacial score (nSPS) is 14.8. The maximum atomic E-state index is 11.8. The maximum Gasteiger partial charge on any atom is 0.254 e. The first-order valence-corrected chi connectivity index (χ1v) is 5.32. The zero-order valence-electron chi connectivity index (χ0n) is 8.66. The van der Waals surface area contributed by atoms with Crippen LogP contribution >= 0.6 is 0 Å². The molecule has 6 nitrogen and oxygen atoms in total. The highest BCUT2D eigenvalue weighted by Gasteiger charge is 2.16. The van der Waals surface area contributed by atoms with Crippen molar-refractivity contribution in [2.75, 3.05) is 0 Å². The Hall–Kier alpha value is -1.98. The van der Waals surface area contributed by atoms with Gasteiger partial charge in [-0.1, -0.05) is 0 Å². The molecule has 0 unspecified atom stereocenters. The van der Waals surface area contributed by atoms with Gasteiger partial charge in [-0.2, -0.15) is 5.10 Å². The summed E-state index contributed by atoms with van der Waals surface area (Å²) >= 11 is 0. The van der Waals surface area contributed by atoms with E-state index < -0.39 is 0 Å². The third kappa shape index (κ3) is 1.42. The number of H-pyrrole nitrogens is 2. The van der Waals surface area contributed by atoms with Crippen LogP contribution in [0.3, 0.4) is 0 Å². The number of hydrogen-bond acceptors (Lipinski definition) is 4. The zero-order valence-corrected chi connectivity index (χ0v) is 8.66. The molecule has 2 N–H and O–H groups in total. The van der Waals surface area contributed by atoms with Gasteiger partial charge in [0, 0.05) is 5.56 Å². The number of aryl methyl sites for hydroxylation is 1. The first-order chi connectivity index (χ1) is 7.84. The van der Waals surface area contributed by atoms with Gasteiger partial charge in [0.15, 0.2) is 11.6 Å². The molecule has 2 aromatic heterocycles. The molecule has 6 heteroatoms. The predicted molar refractivity (Wildman–Crippen MR) is 56.9 cm³/mol. The first kappa shape index (κ1) is 9.26. The molecule has 3 rings (SSSR count). The molecular weight excluding hydrogens is 206 g/mol. The molecule has 2 heterocycles. The summed E-state index contributed by atoms with van der Waals surface area (Å²) in [5.74, 6) is 0.980. The van der Waals surface area contributed by atoms with Crippen LogP contribution in [0.1, 0.15) is 24.1 Å². The number of nitrogens with zero attached hydrogens (tertiary/aromatic N) is 3. The van der Waals surface area contributed by atoms with Crippen molar-refractivity contribution in [3.05, 3.63) is 27.9 Å². The van der Waals surface area contributed by atoms with Crippen LogP contribution in [0.2, 0.25) is 0 Å². The average Bonchev–Trinajstić information content (AvgIpc) is 2.82. The Balaban J connectivity index is 2.16. The molecule has 0 atom stereocenters. The molecule has 0 aliphatic heterocycles. The monoisotopic (exact) mass is 217 g/mol. The number of rotatable bonds is 1. The van der Waals surface area contributed by atoms with Crippen LogP contribution in [-0.2, 0) is 12.8 Å². The summed E-state index contributed by atoms with van der Waals surface area (Å²) in [5, 5.41) is 6.44. The highest BCUT2D eigenvalue weighted by atomic mass is 16.1. The quantitative estimate of drug-likeness (QED) is 0.725. The summed E-state index contributed by atoms with van der Waals surface area (Å²) in [5.41, 5.74) is 1.69. The Morgan fingerprint density at radius 2 is 2.06 bits per heavy atom. The molecule has 0 radical (unpaired) electrons. The molecule has 2 aromatic rings. The summed E-state index contributed by atoms with van der Waals surface area (Å²) < 4.78 is 0. The highest BCUT2D eigenvalue weighted by Crippen LogP contribution is 2.17. The van der Waals surface area contributed by atoms with Gasteiger partial charge < -0.3 is 4.98 Å². The molecule has 0 bridgehead atoms. The molecule has 0 aromatic carbocycles. The molecule has 82 valence electrons. The van der Waals surface area contributed by atoms with Crippen LogP contribution in [0.5, 0.6) is 0 Å². The van der Waals surface area contributed by atoms with Gasteiger partial charge in [-0.3, -0.25) is 9.89 Å². The molecule has 1 aliphatic rings. The average molecular weight is 217 g/mol. The van der Waals surface area contributed by atoms with Crippen LogP contribution < -0.4 is 5.56 Å². The van der Waals surface area contributed by atoms with Crippen LogP contribution in [-0.4, -0.2) is 25.1 Å². The Bertz CT molecular complexity index is 557. The predicted octanol–water partition coefficient (Wildman–Crippen LogP) is 0.434. The molecule has 0 spiro atoms. The molecular formula is C10H11N5O. The topological polar surface area (TPSA) is 87.3 Å². The second-order valence-corrected chi connectivity index (χ2v) is 3.88. The van der Waals surface area contributed by atoms with Gasteiger partial charge in [0.1, 0.15) is 6.33 Å². The SMILES string of the molecule is O=c1[nH]c(-c2ncn[nH]2)nc2c1CCCC2. The van der Waals surface area contributed by atoms with Gasteiger partial charge >= 0.3 is 0 Å².